The monoisotopic (exact) mass is 371 g/mol. The summed E-state index contributed by atoms with van der Waals surface area (Å²) in [6.45, 7) is 1.41. The van der Waals surface area contributed by atoms with Gasteiger partial charge in [0, 0.05) is 5.69 Å². The molecular weight excluding hydrogens is 361 g/mol. The Kier molecular flexibility index (Phi) is 3.84. The second-order valence-electron chi connectivity index (χ2n) is 3.76. The number of carbonyl (C=O) groups is 1. The van der Waals surface area contributed by atoms with Gasteiger partial charge in [0.05, 0.1) is 11.9 Å². The van der Waals surface area contributed by atoms with Crippen LogP contribution in [0.1, 0.15) is 17.3 Å². The summed E-state index contributed by atoms with van der Waals surface area (Å²) in [5, 5.41) is 0. The zero-order valence-corrected chi connectivity index (χ0v) is 12.1. The van der Waals surface area contributed by atoms with Gasteiger partial charge in [-0.25, -0.2) is 4.98 Å². The number of hydrogen-bond acceptors (Lipinski definition) is 5. The van der Waals surface area contributed by atoms with Gasteiger partial charge in [-0.1, -0.05) is 0 Å². The number of benzene rings is 1. The van der Waals surface area contributed by atoms with E-state index in [1.807, 2.05) is 22.6 Å². The second kappa shape index (κ2) is 5.39. The number of H-pyrrole nitrogens is 1. The molecule has 0 aliphatic carbocycles. The molecule has 0 atom stereocenters. The van der Waals surface area contributed by atoms with Gasteiger partial charge in [0.2, 0.25) is 5.88 Å². The smallest absolute Gasteiger partial charge is 0.268 e. The Morgan fingerprint density at radius 1 is 1.47 bits per heavy atom. The highest BCUT2D eigenvalue weighted by molar-refractivity contribution is 14.1. The molecule has 1 aromatic carbocycles. The van der Waals surface area contributed by atoms with E-state index in [0.29, 0.717) is 20.6 Å². The molecule has 0 aliphatic heterocycles. The number of nitrogens with two attached hydrogens (primary N) is 1. The van der Waals surface area contributed by atoms with Crippen molar-refractivity contribution in [2.45, 2.75) is 6.92 Å². The van der Waals surface area contributed by atoms with E-state index in [9.17, 15) is 9.59 Å². The van der Waals surface area contributed by atoms with Gasteiger partial charge in [-0.15, -0.1) is 0 Å². The van der Waals surface area contributed by atoms with Crippen LogP contribution in [0.3, 0.4) is 0 Å². The van der Waals surface area contributed by atoms with E-state index in [1.165, 1.54) is 19.3 Å². The molecular formula is C12H10IN3O3. The molecule has 0 saturated heterocycles. The highest BCUT2D eigenvalue weighted by atomic mass is 127. The summed E-state index contributed by atoms with van der Waals surface area (Å²) in [6.07, 6.45) is 1.24. The van der Waals surface area contributed by atoms with Crippen molar-refractivity contribution in [2.24, 2.45) is 0 Å². The number of nitrogen functional groups attached to an aromatic ring is 1. The summed E-state index contributed by atoms with van der Waals surface area (Å²) in [7, 11) is 0. The van der Waals surface area contributed by atoms with Gasteiger partial charge in [0.15, 0.2) is 5.78 Å². The lowest BCUT2D eigenvalue weighted by Crippen LogP contribution is -2.11. The standard InChI is InChI=1S/C12H10IN3O3/c1-6(17)8-4-7(14)2-3-9(8)19-12-10(13)11(18)15-5-16-12/h2-5H,14H2,1H3,(H,15,16,18). The van der Waals surface area contributed by atoms with Crippen LogP contribution in [0.25, 0.3) is 0 Å². The molecule has 0 unspecified atom stereocenters. The van der Waals surface area contributed by atoms with E-state index >= 15 is 0 Å². The summed E-state index contributed by atoms with van der Waals surface area (Å²) in [6, 6.07) is 4.71. The summed E-state index contributed by atoms with van der Waals surface area (Å²) in [5.41, 5.74) is 6.14. The Morgan fingerprint density at radius 2 is 2.21 bits per heavy atom. The van der Waals surface area contributed by atoms with Gasteiger partial charge < -0.3 is 15.5 Å². The average molecular weight is 371 g/mol. The molecule has 2 rings (SSSR count). The molecule has 7 heteroatoms. The van der Waals surface area contributed by atoms with Crippen molar-refractivity contribution in [3.8, 4) is 11.6 Å². The van der Waals surface area contributed by atoms with Crippen molar-refractivity contribution in [3.63, 3.8) is 0 Å². The van der Waals surface area contributed by atoms with Crippen LogP contribution in [0.5, 0.6) is 11.6 Å². The highest BCUT2D eigenvalue weighted by Crippen LogP contribution is 2.27. The lowest BCUT2D eigenvalue weighted by atomic mass is 10.1. The molecule has 1 aromatic heterocycles. The molecule has 0 spiro atoms. The molecule has 0 saturated carbocycles. The molecule has 0 amide bonds. The lowest BCUT2D eigenvalue weighted by Gasteiger charge is -2.09. The zero-order valence-electron chi connectivity index (χ0n) is 9.94. The molecule has 0 radical (unpaired) electrons. The van der Waals surface area contributed by atoms with Crippen molar-refractivity contribution in [3.05, 3.63) is 44.0 Å². The molecule has 1 heterocycles. The first-order chi connectivity index (χ1) is 8.99. The van der Waals surface area contributed by atoms with Gasteiger partial charge in [-0.3, -0.25) is 9.59 Å². The molecule has 0 bridgehead atoms. The highest BCUT2D eigenvalue weighted by Gasteiger charge is 2.13. The van der Waals surface area contributed by atoms with Crippen molar-refractivity contribution >= 4 is 34.1 Å². The van der Waals surface area contributed by atoms with Gasteiger partial charge in [0.1, 0.15) is 9.32 Å². The molecule has 6 nitrogen and oxygen atoms in total. The van der Waals surface area contributed by atoms with Gasteiger partial charge in [-0.05, 0) is 47.7 Å². The predicted molar refractivity (Wildman–Crippen MR) is 78.5 cm³/mol. The number of aromatic nitrogens is 2. The van der Waals surface area contributed by atoms with Crippen LogP contribution in [0.15, 0.2) is 29.3 Å². The maximum Gasteiger partial charge on any atom is 0.268 e. The molecule has 98 valence electrons. The van der Waals surface area contributed by atoms with E-state index in [2.05, 4.69) is 9.97 Å². The summed E-state index contributed by atoms with van der Waals surface area (Å²) in [5.74, 6) is 0.288. The maximum absolute atomic E-state index is 11.5. The topological polar surface area (TPSA) is 98.1 Å². The Hall–Kier alpha value is -1.90. The third kappa shape index (κ3) is 2.92. The number of carbonyl (C=O) groups excluding carboxylic acids is 1. The SMILES string of the molecule is CC(=O)c1cc(N)ccc1Oc1nc[nH]c(=O)c1I. The Morgan fingerprint density at radius 3 is 2.89 bits per heavy atom. The number of aromatic amines is 1. The number of halogens is 1. The number of rotatable bonds is 3. The molecule has 0 aliphatic rings. The first-order valence-electron chi connectivity index (χ1n) is 5.30. The van der Waals surface area contributed by atoms with E-state index in [0.717, 1.165) is 0 Å². The van der Waals surface area contributed by atoms with E-state index in [-0.39, 0.29) is 17.2 Å². The average Bonchev–Trinajstić information content (AvgIpc) is 2.36. The molecule has 19 heavy (non-hydrogen) atoms. The third-order valence-corrected chi connectivity index (χ3v) is 3.31. The van der Waals surface area contributed by atoms with Gasteiger partial charge in [-0.2, -0.15) is 0 Å². The minimum Gasteiger partial charge on any atom is -0.437 e. The van der Waals surface area contributed by atoms with Crippen molar-refractivity contribution in [1.82, 2.24) is 9.97 Å². The number of nitrogens with one attached hydrogen (secondary N) is 1. The molecule has 3 N–H and O–H groups in total. The fourth-order valence-electron chi connectivity index (χ4n) is 1.45. The van der Waals surface area contributed by atoms with E-state index in [1.54, 1.807) is 12.1 Å². The Labute approximate surface area is 122 Å². The van der Waals surface area contributed by atoms with Crippen LogP contribution in [-0.4, -0.2) is 15.8 Å². The van der Waals surface area contributed by atoms with Crippen molar-refractivity contribution in [2.75, 3.05) is 5.73 Å². The first-order valence-corrected chi connectivity index (χ1v) is 6.38. The first kappa shape index (κ1) is 13.5. The zero-order chi connectivity index (χ0) is 14.0. The van der Waals surface area contributed by atoms with Crippen LogP contribution < -0.4 is 16.0 Å². The number of anilines is 1. The minimum atomic E-state index is -0.301. The summed E-state index contributed by atoms with van der Waals surface area (Å²) >= 11 is 1.83. The van der Waals surface area contributed by atoms with Crippen LogP contribution in [0, 0.1) is 3.57 Å². The lowest BCUT2D eigenvalue weighted by molar-refractivity contribution is 0.101. The molecule has 0 fully saturated rings. The maximum atomic E-state index is 11.5. The summed E-state index contributed by atoms with van der Waals surface area (Å²) in [4.78, 5) is 29.3. The van der Waals surface area contributed by atoms with E-state index < -0.39 is 0 Å². The van der Waals surface area contributed by atoms with Crippen molar-refractivity contribution in [1.29, 1.82) is 0 Å². The number of Topliss-reactive ketones (excluding diaryl/α,β-unsaturated/α-hetero) is 1. The largest absolute Gasteiger partial charge is 0.437 e. The number of ketones is 1. The molecule has 2 aromatic rings. The van der Waals surface area contributed by atoms with Crippen LogP contribution >= 0.6 is 22.6 Å². The van der Waals surface area contributed by atoms with Gasteiger partial charge in [0.25, 0.3) is 5.56 Å². The van der Waals surface area contributed by atoms with Crippen LogP contribution in [0.2, 0.25) is 0 Å². The number of nitrogens with zero attached hydrogens (tertiary/aromatic N) is 1. The predicted octanol–water partition coefficient (Wildman–Crippen LogP) is 1.95. The van der Waals surface area contributed by atoms with Crippen LogP contribution in [0.4, 0.5) is 5.69 Å². The normalized spacial score (nSPS) is 10.2. The quantitative estimate of drug-likeness (QED) is 0.488. The second-order valence-corrected chi connectivity index (χ2v) is 4.84. The number of hydrogen-bond donors (Lipinski definition) is 2. The minimum absolute atomic E-state index is 0.150. The Bertz CT molecular complexity index is 697. The van der Waals surface area contributed by atoms with E-state index in [4.69, 9.17) is 10.5 Å². The van der Waals surface area contributed by atoms with Crippen molar-refractivity contribution < 1.29 is 9.53 Å². The number of ether oxygens (including phenoxy) is 1. The third-order valence-electron chi connectivity index (χ3n) is 2.35. The fourth-order valence-corrected chi connectivity index (χ4v) is 1.86. The summed E-state index contributed by atoms with van der Waals surface area (Å²) < 4.78 is 5.83. The fraction of sp³-hybridized carbons (Fsp3) is 0.0833. The van der Waals surface area contributed by atoms with Crippen LogP contribution in [-0.2, 0) is 0 Å². The van der Waals surface area contributed by atoms with Gasteiger partial charge >= 0.3 is 0 Å². The Balaban J connectivity index is 2.46.